The minimum Gasteiger partial charge on any atom is -0.463 e. The van der Waals surface area contributed by atoms with Crippen LogP contribution in [0.1, 0.15) is 22.3 Å². The van der Waals surface area contributed by atoms with Gasteiger partial charge in [-0.25, -0.2) is 0 Å². The van der Waals surface area contributed by atoms with Crippen LogP contribution in [0.3, 0.4) is 0 Å². The quantitative estimate of drug-likeness (QED) is 0.679. The summed E-state index contributed by atoms with van der Waals surface area (Å²) in [6.07, 6.45) is 6.47. The highest BCUT2D eigenvalue weighted by atomic mass is 32.1. The third kappa shape index (κ3) is 2.54. The van der Waals surface area contributed by atoms with Crippen molar-refractivity contribution in [1.82, 2.24) is 0 Å². The molecule has 0 amide bonds. The van der Waals surface area contributed by atoms with Crippen LogP contribution in [0.2, 0.25) is 0 Å². The molecule has 0 aliphatic heterocycles. The van der Waals surface area contributed by atoms with Gasteiger partial charge in [-0.1, -0.05) is 18.2 Å². The van der Waals surface area contributed by atoms with E-state index in [9.17, 15) is 9.59 Å². The van der Waals surface area contributed by atoms with E-state index < -0.39 is 0 Å². The maximum atomic E-state index is 11.9. The Morgan fingerprint density at radius 1 is 1.33 bits per heavy atom. The number of aldehydes is 1. The summed E-state index contributed by atoms with van der Waals surface area (Å²) in [4.78, 5) is 22.6. The Morgan fingerprint density at radius 3 is 2.89 bits per heavy atom. The van der Waals surface area contributed by atoms with Crippen molar-refractivity contribution in [1.29, 1.82) is 0 Å². The lowest BCUT2D eigenvalue weighted by atomic mass is 10.1. The van der Waals surface area contributed by atoms with E-state index in [0.717, 1.165) is 17.7 Å². The van der Waals surface area contributed by atoms with Crippen molar-refractivity contribution >= 4 is 36.0 Å². The lowest BCUT2D eigenvalue weighted by Gasteiger charge is -1.99. The summed E-state index contributed by atoms with van der Waals surface area (Å²) < 4.78 is 5.23. The lowest BCUT2D eigenvalue weighted by Crippen LogP contribution is -2.07. The molecule has 18 heavy (non-hydrogen) atoms. The molecule has 0 bridgehead atoms. The standard InChI is InChI=1S/C14H12O3S/c15-8-11-9-17-13-5-4-10(3-1-2-6-18)7-12(13)14(11)16/h1,3-5,7-9,18H,2,6H2. The van der Waals surface area contributed by atoms with Gasteiger partial charge in [0.15, 0.2) is 6.29 Å². The van der Waals surface area contributed by atoms with E-state index in [4.69, 9.17) is 4.42 Å². The first-order valence-electron chi connectivity index (χ1n) is 5.54. The lowest BCUT2D eigenvalue weighted by molar-refractivity contribution is 0.112. The van der Waals surface area contributed by atoms with Crippen molar-refractivity contribution in [2.75, 3.05) is 5.75 Å². The summed E-state index contributed by atoms with van der Waals surface area (Å²) in [5, 5.41) is 0.424. The number of hydrogen-bond acceptors (Lipinski definition) is 4. The third-order valence-corrected chi connectivity index (χ3v) is 2.81. The molecule has 0 saturated carbocycles. The first kappa shape index (κ1) is 12.6. The molecule has 0 N–H and O–H groups in total. The van der Waals surface area contributed by atoms with E-state index in [1.165, 1.54) is 6.26 Å². The molecule has 0 unspecified atom stereocenters. The Balaban J connectivity index is 2.52. The molecule has 0 atom stereocenters. The Morgan fingerprint density at radius 2 is 2.17 bits per heavy atom. The minimum absolute atomic E-state index is 0.0407. The fourth-order valence-electron chi connectivity index (χ4n) is 1.64. The molecular weight excluding hydrogens is 248 g/mol. The van der Waals surface area contributed by atoms with Gasteiger partial charge in [0.05, 0.1) is 10.9 Å². The molecule has 0 spiro atoms. The van der Waals surface area contributed by atoms with Gasteiger partial charge in [-0.15, -0.1) is 0 Å². The zero-order chi connectivity index (χ0) is 13.0. The highest BCUT2D eigenvalue weighted by Gasteiger charge is 2.06. The topological polar surface area (TPSA) is 47.3 Å². The Kier molecular flexibility index (Phi) is 3.99. The van der Waals surface area contributed by atoms with Crippen molar-refractivity contribution < 1.29 is 9.21 Å². The molecule has 4 heteroatoms. The van der Waals surface area contributed by atoms with E-state index in [1.807, 2.05) is 18.2 Å². The number of allylic oxidation sites excluding steroid dienone is 1. The maximum Gasteiger partial charge on any atom is 0.203 e. The molecule has 0 radical (unpaired) electrons. The second kappa shape index (κ2) is 5.69. The molecule has 2 aromatic rings. The molecule has 2 rings (SSSR count). The van der Waals surface area contributed by atoms with E-state index in [2.05, 4.69) is 12.6 Å². The number of carbonyl (C=O) groups excluding carboxylic acids is 1. The molecule has 3 nitrogen and oxygen atoms in total. The monoisotopic (exact) mass is 260 g/mol. The zero-order valence-corrected chi connectivity index (χ0v) is 10.5. The van der Waals surface area contributed by atoms with Crippen molar-refractivity contribution in [3.8, 4) is 0 Å². The van der Waals surface area contributed by atoms with E-state index >= 15 is 0 Å². The average Bonchev–Trinajstić information content (AvgIpc) is 2.40. The van der Waals surface area contributed by atoms with Gasteiger partial charge in [0, 0.05) is 0 Å². The number of rotatable bonds is 4. The van der Waals surface area contributed by atoms with Crippen LogP contribution < -0.4 is 5.43 Å². The van der Waals surface area contributed by atoms with E-state index in [-0.39, 0.29) is 11.0 Å². The molecule has 92 valence electrons. The largest absolute Gasteiger partial charge is 0.463 e. The molecule has 0 aliphatic carbocycles. The molecule has 1 heterocycles. The Hall–Kier alpha value is -1.81. The van der Waals surface area contributed by atoms with Crippen LogP contribution in [0.5, 0.6) is 0 Å². The second-order valence-electron chi connectivity index (χ2n) is 3.81. The van der Waals surface area contributed by atoms with Gasteiger partial charge in [0.25, 0.3) is 0 Å². The van der Waals surface area contributed by atoms with Crippen LogP contribution in [0.4, 0.5) is 0 Å². The summed E-state index contributed by atoms with van der Waals surface area (Å²) in [6.45, 7) is 0. The Labute approximate surface area is 110 Å². The molecule has 1 aromatic carbocycles. The highest BCUT2D eigenvalue weighted by Crippen LogP contribution is 2.14. The summed E-state index contributed by atoms with van der Waals surface area (Å²) in [6, 6.07) is 5.32. The second-order valence-corrected chi connectivity index (χ2v) is 4.26. The van der Waals surface area contributed by atoms with Gasteiger partial charge in [-0.3, -0.25) is 9.59 Å². The number of thiol groups is 1. The normalized spacial score (nSPS) is 11.2. The molecular formula is C14H12O3S. The minimum atomic E-state index is -0.296. The molecule has 0 fully saturated rings. The van der Waals surface area contributed by atoms with Gasteiger partial charge in [0.2, 0.25) is 5.43 Å². The summed E-state index contributed by atoms with van der Waals surface area (Å²) in [5.74, 6) is 0.779. The first-order valence-corrected chi connectivity index (χ1v) is 6.17. The van der Waals surface area contributed by atoms with Crippen molar-refractivity contribution in [3.63, 3.8) is 0 Å². The fraction of sp³-hybridized carbons (Fsp3) is 0.143. The molecule has 0 saturated heterocycles. The Bertz CT molecular complexity index is 656. The zero-order valence-electron chi connectivity index (χ0n) is 9.63. The van der Waals surface area contributed by atoms with Crippen molar-refractivity contribution in [2.24, 2.45) is 0 Å². The van der Waals surface area contributed by atoms with Gasteiger partial charge < -0.3 is 4.42 Å². The summed E-state index contributed by atoms with van der Waals surface area (Å²) in [5.41, 5.74) is 1.13. The first-order chi connectivity index (χ1) is 8.76. The van der Waals surface area contributed by atoms with Crippen LogP contribution in [-0.2, 0) is 0 Å². The van der Waals surface area contributed by atoms with Gasteiger partial charge >= 0.3 is 0 Å². The average molecular weight is 260 g/mol. The van der Waals surface area contributed by atoms with Crippen LogP contribution in [0.25, 0.3) is 17.0 Å². The summed E-state index contributed by atoms with van der Waals surface area (Å²) in [7, 11) is 0. The number of fused-ring (bicyclic) bond motifs is 1. The maximum absolute atomic E-state index is 11.9. The summed E-state index contributed by atoms with van der Waals surface area (Å²) >= 11 is 4.11. The van der Waals surface area contributed by atoms with Crippen molar-refractivity contribution in [2.45, 2.75) is 6.42 Å². The fourth-order valence-corrected chi connectivity index (χ4v) is 1.79. The molecule has 0 aliphatic rings. The van der Waals surface area contributed by atoms with E-state index in [0.29, 0.717) is 17.3 Å². The van der Waals surface area contributed by atoms with Gasteiger partial charge in [-0.2, -0.15) is 12.6 Å². The van der Waals surface area contributed by atoms with Crippen LogP contribution in [0.15, 0.2) is 39.7 Å². The SMILES string of the molecule is O=Cc1coc2ccc(C=CCCS)cc2c1=O. The van der Waals surface area contributed by atoms with Gasteiger partial charge in [-0.05, 0) is 29.9 Å². The number of hydrogen-bond donors (Lipinski definition) is 1. The smallest absolute Gasteiger partial charge is 0.203 e. The van der Waals surface area contributed by atoms with Crippen LogP contribution in [-0.4, -0.2) is 12.0 Å². The van der Waals surface area contributed by atoms with Gasteiger partial charge in [0.1, 0.15) is 11.8 Å². The predicted octanol–water partition coefficient (Wildman–Crippen LogP) is 2.94. The van der Waals surface area contributed by atoms with E-state index in [1.54, 1.807) is 12.1 Å². The number of benzene rings is 1. The third-order valence-electron chi connectivity index (χ3n) is 2.56. The van der Waals surface area contributed by atoms with Crippen molar-refractivity contribution in [3.05, 3.63) is 51.9 Å². The highest BCUT2D eigenvalue weighted by molar-refractivity contribution is 7.80. The predicted molar refractivity (Wildman–Crippen MR) is 75.4 cm³/mol. The van der Waals surface area contributed by atoms with Crippen LogP contribution >= 0.6 is 12.6 Å². The molecule has 1 aromatic heterocycles. The van der Waals surface area contributed by atoms with Crippen LogP contribution in [0, 0.1) is 0 Å². The number of carbonyl (C=O) groups is 1.